The Labute approximate surface area is 119 Å². The lowest BCUT2D eigenvalue weighted by molar-refractivity contribution is -0.188. The van der Waals surface area contributed by atoms with E-state index in [0.29, 0.717) is 4.90 Å². The van der Waals surface area contributed by atoms with Crippen LogP contribution in [0.5, 0.6) is 0 Å². The lowest BCUT2D eigenvalue weighted by Crippen LogP contribution is -2.50. The van der Waals surface area contributed by atoms with Gasteiger partial charge in [0.05, 0.1) is 5.92 Å². The van der Waals surface area contributed by atoms with E-state index < -0.39 is 36.4 Å². The third kappa shape index (κ3) is 3.53. The summed E-state index contributed by atoms with van der Waals surface area (Å²) in [5, 5.41) is 9.09. The standard InChI is InChI=1S/C14H14F3NO3/c15-14(16,17)13(21)18-7-10(6-11(8-18)12(19)20)9-4-2-1-3-5-9/h1-5,10-11H,6-8H2,(H,19,20). The molecule has 0 spiro atoms. The monoisotopic (exact) mass is 301 g/mol. The molecule has 1 aromatic rings. The van der Waals surface area contributed by atoms with Crippen LogP contribution in [0.1, 0.15) is 17.9 Å². The van der Waals surface area contributed by atoms with E-state index in [1.165, 1.54) is 0 Å². The molecule has 1 heterocycles. The summed E-state index contributed by atoms with van der Waals surface area (Å²) in [6.45, 7) is -0.525. The quantitative estimate of drug-likeness (QED) is 0.911. The molecule has 1 aromatic carbocycles. The van der Waals surface area contributed by atoms with Crippen molar-refractivity contribution in [1.29, 1.82) is 0 Å². The van der Waals surface area contributed by atoms with E-state index in [-0.39, 0.29) is 13.0 Å². The number of hydrogen-bond acceptors (Lipinski definition) is 2. The van der Waals surface area contributed by atoms with Crippen LogP contribution < -0.4 is 0 Å². The fourth-order valence-corrected chi connectivity index (χ4v) is 2.59. The minimum atomic E-state index is -4.98. The van der Waals surface area contributed by atoms with Crippen molar-refractivity contribution in [3.05, 3.63) is 35.9 Å². The Kier molecular flexibility index (Phi) is 4.20. The van der Waals surface area contributed by atoms with Crippen molar-refractivity contribution < 1.29 is 27.9 Å². The number of aliphatic carboxylic acids is 1. The first-order chi connectivity index (χ1) is 9.79. The number of carbonyl (C=O) groups excluding carboxylic acids is 1. The molecule has 7 heteroatoms. The molecule has 2 unspecified atom stereocenters. The van der Waals surface area contributed by atoms with Crippen molar-refractivity contribution in [1.82, 2.24) is 4.90 Å². The van der Waals surface area contributed by atoms with Crippen LogP contribution in [0.3, 0.4) is 0 Å². The molecule has 2 atom stereocenters. The van der Waals surface area contributed by atoms with Crippen molar-refractivity contribution in [3.63, 3.8) is 0 Å². The molecular weight excluding hydrogens is 287 g/mol. The Hall–Kier alpha value is -2.05. The SMILES string of the molecule is O=C(O)C1CC(c2ccccc2)CN(C(=O)C(F)(F)F)C1. The fraction of sp³-hybridized carbons (Fsp3) is 0.429. The minimum Gasteiger partial charge on any atom is -0.481 e. The first-order valence-corrected chi connectivity index (χ1v) is 6.43. The van der Waals surface area contributed by atoms with Gasteiger partial charge in [-0.1, -0.05) is 30.3 Å². The van der Waals surface area contributed by atoms with Gasteiger partial charge in [-0.05, 0) is 12.0 Å². The van der Waals surface area contributed by atoms with E-state index in [1.54, 1.807) is 30.3 Å². The molecule has 0 radical (unpaired) electrons. The first-order valence-electron chi connectivity index (χ1n) is 6.43. The second-order valence-corrected chi connectivity index (χ2v) is 5.09. The Balaban J connectivity index is 2.24. The highest BCUT2D eigenvalue weighted by Crippen LogP contribution is 2.32. The molecule has 1 aliphatic rings. The Morgan fingerprint density at radius 1 is 1.14 bits per heavy atom. The number of carbonyl (C=O) groups is 2. The number of carboxylic acid groups (broad SMARTS) is 1. The Bertz CT molecular complexity index is 530. The molecule has 1 amide bonds. The average molecular weight is 301 g/mol. The number of rotatable bonds is 2. The van der Waals surface area contributed by atoms with E-state index in [9.17, 15) is 22.8 Å². The number of alkyl halides is 3. The smallest absolute Gasteiger partial charge is 0.471 e. The first kappa shape index (κ1) is 15.3. The van der Waals surface area contributed by atoms with E-state index in [4.69, 9.17) is 5.11 Å². The Morgan fingerprint density at radius 2 is 1.76 bits per heavy atom. The van der Waals surface area contributed by atoms with Crippen LogP contribution in [0.2, 0.25) is 0 Å². The third-order valence-electron chi connectivity index (χ3n) is 3.60. The molecular formula is C14H14F3NO3. The number of halogens is 3. The largest absolute Gasteiger partial charge is 0.481 e. The maximum atomic E-state index is 12.6. The third-order valence-corrected chi connectivity index (χ3v) is 3.60. The molecule has 1 N–H and O–H groups in total. The van der Waals surface area contributed by atoms with E-state index in [0.717, 1.165) is 5.56 Å². The summed E-state index contributed by atoms with van der Waals surface area (Å²) >= 11 is 0. The zero-order valence-electron chi connectivity index (χ0n) is 11.0. The Morgan fingerprint density at radius 3 is 2.29 bits per heavy atom. The second kappa shape index (κ2) is 5.75. The molecule has 1 aliphatic heterocycles. The van der Waals surface area contributed by atoms with Crippen LogP contribution in [0, 0.1) is 5.92 Å². The van der Waals surface area contributed by atoms with E-state index in [1.807, 2.05) is 0 Å². The highest BCUT2D eigenvalue weighted by atomic mass is 19.4. The molecule has 1 fully saturated rings. The number of benzene rings is 1. The van der Waals surface area contributed by atoms with E-state index in [2.05, 4.69) is 0 Å². The predicted octanol–water partition coefficient (Wildman–Crippen LogP) is 2.27. The summed E-state index contributed by atoms with van der Waals surface area (Å²) in [6, 6.07) is 8.68. The molecule has 0 bridgehead atoms. The zero-order valence-corrected chi connectivity index (χ0v) is 11.0. The van der Waals surface area contributed by atoms with Crippen molar-refractivity contribution in [2.24, 2.45) is 5.92 Å². The lowest BCUT2D eigenvalue weighted by atomic mass is 9.84. The summed E-state index contributed by atoms with van der Waals surface area (Å²) in [4.78, 5) is 23.1. The molecule has 1 saturated heterocycles. The lowest BCUT2D eigenvalue weighted by Gasteiger charge is -2.36. The predicted molar refractivity (Wildman–Crippen MR) is 67.6 cm³/mol. The molecule has 0 saturated carbocycles. The highest BCUT2D eigenvalue weighted by molar-refractivity contribution is 5.83. The summed E-state index contributed by atoms with van der Waals surface area (Å²) in [7, 11) is 0. The number of likely N-dealkylation sites (tertiary alicyclic amines) is 1. The number of piperidine rings is 1. The number of carboxylic acids is 1. The van der Waals surface area contributed by atoms with Gasteiger partial charge in [0.1, 0.15) is 0 Å². The molecule has 0 aliphatic carbocycles. The minimum absolute atomic E-state index is 0.119. The van der Waals surface area contributed by atoms with Crippen molar-refractivity contribution in [3.8, 4) is 0 Å². The topological polar surface area (TPSA) is 57.6 Å². The normalized spacial score (nSPS) is 22.9. The van der Waals surface area contributed by atoms with Gasteiger partial charge < -0.3 is 10.0 Å². The van der Waals surface area contributed by atoms with Crippen LogP contribution in [0.4, 0.5) is 13.2 Å². The van der Waals surface area contributed by atoms with Crippen molar-refractivity contribution in [2.45, 2.75) is 18.5 Å². The molecule has 0 aromatic heterocycles. The van der Waals surface area contributed by atoms with Gasteiger partial charge in [-0.25, -0.2) is 0 Å². The van der Waals surface area contributed by atoms with Gasteiger partial charge >= 0.3 is 18.1 Å². The summed E-state index contributed by atoms with van der Waals surface area (Å²) in [6.07, 6.45) is -4.76. The molecule has 114 valence electrons. The highest BCUT2D eigenvalue weighted by Gasteiger charge is 2.46. The van der Waals surface area contributed by atoms with Crippen LogP contribution in [-0.2, 0) is 9.59 Å². The van der Waals surface area contributed by atoms with Crippen molar-refractivity contribution in [2.75, 3.05) is 13.1 Å². The van der Waals surface area contributed by atoms with Crippen LogP contribution in [-0.4, -0.2) is 41.1 Å². The summed E-state index contributed by atoms with van der Waals surface area (Å²) in [5.41, 5.74) is 0.739. The van der Waals surface area contributed by atoms with Crippen LogP contribution in [0.15, 0.2) is 30.3 Å². The number of nitrogens with zero attached hydrogens (tertiary/aromatic N) is 1. The van der Waals surface area contributed by atoms with Gasteiger partial charge in [-0.2, -0.15) is 13.2 Å². The van der Waals surface area contributed by atoms with Gasteiger partial charge in [0.15, 0.2) is 0 Å². The van der Waals surface area contributed by atoms with Gasteiger partial charge in [-0.15, -0.1) is 0 Å². The van der Waals surface area contributed by atoms with Gasteiger partial charge in [0.25, 0.3) is 0 Å². The maximum Gasteiger partial charge on any atom is 0.471 e. The van der Waals surface area contributed by atoms with Crippen LogP contribution >= 0.6 is 0 Å². The zero-order chi connectivity index (χ0) is 15.6. The van der Waals surface area contributed by atoms with Gasteiger partial charge in [0, 0.05) is 19.0 Å². The fourth-order valence-electron chi connectivity index (χ4n) is 2.59. The molecule has 2 rings (SSSR count). The summed E-state index contributed by atoms with van der Waals surface area (Å²) < 4.78 is 37.7. The maximum absolute atomic E-state index is 12.6. The van der Waals surface area contributed by atoms with Gasteiger partial charge in [-0.3, -0.25) is 9.59 Å². The second-order valence-electron chi connectivity index (χ2n) is 5.09. The average Bonchev–Trinajstić information content (AvgIpc) is 2.46. The summed E-state index contributed by atoms with van der Waals surface area (Å²) in [5.74, 6) is -4.56. The van der Waals surface area contributed by atoms with Gasteiger partial charge in [0.2, 0.25) is 0 Å². The van der Waals surface area contributed by atoms with E-state index >= 15 is 0 Å². The van der Waals surface area contributed by atoms with Crippen molar-refractivity contribution >= 4 is 11.9 Å². The molecule has 4 nitrogen and oxygen atoms in total. The molecule has 21 heavy (non-hydrogen) atoms. The number of hydrogen-bond donors (Lipinski definition) is 1. The van der Waals surface area contributed by atoms with Crippen LogP contribution in [0.25, 0.3) is 0 Å². The number of amides is 1.